The molecule has 1 heterocycles. The highest BCUT2D eigenvalue weighted by atomic mass is 15.3. The molecule has 0 spiro atoms. The van der Waals surface area contributed by atoms with Crippen molar-refractivity contribution >= 4 is 0 Å². The van der Waals surface area contributed by atoms with Crippen LogP contribution in [0.1, 0.15) is 57.7 Å². The number of rotatable bonds is 5. The van der Waals surface area contributed by atoms with Gasteiger partial charge in [0.05, 0.1) is 11.7 Å². The Morgan fingerprint density at radius 1 is 1.35 bits per heavy atom. The van der Waals surface area contributed by atoms with Crippen molar-refractivity contribution in [3.63, 3.8) is 0 Å². The SMILES string of the molecule is CCNC(c1ccnn1CC)C1CCCCC1. The number of hydrogen-bond donors (Lipinski definition) is 1. The van der Waals surface area contributed by atoms with Crippen LogP contribution in [0.4, 0.5) is 0 Å². The predicted molar refractivity (Wildman–Crippen MR) is 70.9 cm³/mol. The molecule has 17 heavy (non-hydrogen) atoms. The van der Waals surface area contributed by atoms with Crippen molar-refractivity contribution < 1.29 is 0 Å². The summed E-state index contributed by atoms with van der Waals surface area (Å²) in [5.74, 6) is 0.797. The molecule has 0 aromatic carbocycles. The Hall–Kier alpha value is -0.830. The summed E-state index contributed by atoms with van der Waals surface area (Å²) in [5, 5.41) is 8.08. The Morgan fingerprint density at radius 2 is 2.12 bits per heavy atom. The molecular formula is C14H25N3. The molecule has 1 aromatic heterocycles. The number of hydrogen-bond acceptors (Lipinski definition) is 2. The molecule has 1 unspecified atom stereocenters. The van der Waals surface area contributed by atoms with Crippen molar-refractivity contribution in [2.24, 2.45) is 5.92 Å². The van der Waals surface area contributed by atoms with Gasteiger partial charge in [0.1, 0.15) is 0 Å². The van der Waals surface area contributed by atoms with Gasteiger partial charge >= 0.3 is 0 Å². The van der Waals surface area contributed by atoms with E-state index in [0.29, 0.717) is 6.04 Å². The highest BCUT2D eigenvalue weighted by Gasteiger charge is 2.26. The predicted octanol–water partition coefficient (Wildman–Crippen LogP) is 3.13. The van der Waals surface area contributed by atoms with Gasteiger partial charge in [-0.2, -0.15) is 5.10 Å². The minimum Gasteiger partial charge on any atom is -0.309 e. The fourth-order valence-corrected chi connectivity index (χ4v) is 3.07. The Morgan fingerprint density at radius 3 is 2.76 bits per heavy atom. The summed E-state index contributed by atoms with van der Waals surface area (Å²) in [4.78, 5) is 0. The average Bonchev–Trinajstić information content (AvgIpc) is 2.85. The molecule has 1 aromatic rings. The zero-order valence-corrected chi connectivity index (χ0v) is 11.2. The summed E-state index contributed by atoms with van der Waals surface area (Å²) in [6.45, 7) is 6.37. The maximum Gasteiger partial charge on any atom is 0.0556 e. The van der Waals surface area contributed by atoms with Crippen LogP contribution in [0.15, 0.2) is 12.3 Å². The lowest BCUT2D eigenvalue weighted by Crippen LogP contribution is -2.31. The fourth-order valence-electron chi connectivity index (χ4n) is 3.07. The zero-order chi connectivity index (χ0) is 12.1. The third kappa shape index (κ3) is 2.89. The summed E-state index contributed by atoms with van der Waals surface area (Å²) in [6.07, 6.45) is 8.88. The first-order valence-corrected chi connectivity index (χ1v) is 7.11. The summed E-state index contributed by atoms with van der Waals surface area (Å²) < 4.78 is 2.14. The third-order valence-electron chi connectivity index (χ3n) is 3.91. The lowest BCUT2D eigenvalue weighted by Gasteiger charge is -2.31. The van der Waals surface area contributed by atoms with E-state index < -0.39 is 0 Å². The molecule has 1 N–H and O–H groups in total. The Bertz CT molecular complexity index is 326. The van der Waals surface area contributed by atoms with Gasteiger partial charge in [-0.05, 0) is 38.3 Å². The molecule has 0 aliphatic heterocycles. The highest BCUT2D eigenvalue weighted by molar-refractivity contribution is 5.09. The second-order valence-electron chi connectivity index (χ2n) is 5.01. The molecule has 1 saturated carbocycles. The van der Waals surface area contributed by atoms with Crippen molar-refractivity contribution in [1.29, 1.82) is 0 Å². The van der Waals surface area contributed by atoms with Gasteiger partial charge in [-0.3, -0.25) is 4.68 Å². The van der Waals surface area contributed by atoms with Crippen molar-refractivity contribution in [1.82, 2.24) is 15.1 Å². The van der Waals surface area contributed by atoms with Gasteiger partial charge in [-0.25, -0.2) is 0 Å². The molecule has 0 bridgehead atoms. The molecule has 0 radical (unpaired) electrons. The van der Waals surface area contributed by atoms with Gasteiger partial charge in [0, 0.05) is 12.7 Å². The van der Waals surface area contributed by atoms with Crippen LogP contribution in [0.3, 0.4) is 0 Å². The normalized spacial score (nSPS) is 19.4. The largest absolute Gasteiger partial charge is 0.309 e. The zero-order valence-electron chi connectivity index (χ0n) is 11.2. The maximum atomic E-state index is 4.41. The first kappa shape index (κ1) is 12.6. The number of nitrogens with one attached hydrogen (secondary N) is 1. The van der Waals surface area contributed by atoms with Gasteiger partial charge < -0.3 is 5.32 Å². The Kier molecular flexibility index (Phi) is 4.60. The van der Waals surface area contributed by atoms with E-state index in [1.165, 1.54) is 37.8 Å². The van der Waals surface area contributed by atoms with Crippen LogP contribution in [-0.2, 0) is 6.54 Å². The highest BCUT2D eigenvalue weighted by Crippen LogP contribution is 2.34. The van der Waals surface area contributed by atoms with E-state index in [-0.39, 0.29) is 0 Å². The number of nitrogens with zero attached hydrogens (tertiary/aromatic N) is 2. The molecule has 3 heteroatoms. The molecule has 96 valence electrons. The molecule has 2 rings (SSSR count). The van der Waals surface area contributed by atoms with Crippen LogP contribution in [-0.4, -0.2) is 16.3 Å². The van der Waals surface area contributed by atoms with E-state index in [2.05, 4.69) is 35.0 Å². The summed E-state index contributed by atoms with van der Waals surface area (Å²) in [5.41, 5.74) is 1.38. The Labute approximate surface area is 105 Å². The first-order valence-electron chi connectivity index (χ1n) is 7.11. The molecule has 0 saturated heterocycles. The monoisotopic (exact) mass is 235 g/mol. The topological polar surface area (TPSA) is 29.9 Å². The van der Waals surface area contributed by atoms with Crippen molar-refractivity contribution in [3.8, 4) is 0 Å². The first-order chi connectivity index (χ1) is 8.36. The van der Waals surface area contributed by atoms with E-state index in [4.69, 9.17) is 0 Å². The standard InChI is InChI=1S/C14H25N3/c1-3-15-14(12-8-6-5-7-9-12)13-10-11-16-17(13)4-2/h10-12,14-15H,3-9H2,1-2H3. The number of aryl methyl sites for hydroxylation is 1. The van der Waals surface area contributed by atoms with Gasteiger partial charge in [-0.1, -0.05) is 26.2 Å². The van der Waals surface area contributed by atoms with Crippen LogP contribution in [0.5, 0.6) is 0 Å². The minimum absolute atomic E-state index is 0.503. The maximum absolute atomic E-state index is 4.41. The molecule has 1 aliphatic rings. The number of aromatic nitrogens is 2. The quantitative estimate of drug-likeness (QED) is 0.849. The van der Waals surface area contributed by atoms with Crippen LogP contribution in [0, 0.1) is 5.92 Å². The molecular weight excluding hydrogens is 210 g/mol. The summed E-state index contributed by atoms with van der Waals surface area (Å²) >= 11 is 0. The molecule has 1 aliphatic carbocycles. The second-order valence-corrected chi connectivity index (χ2v) is 5.01. The van der Waals surface area contributed by atoms with Crippen LogP contribution in [0.25, 0.3) is 0 Å². The molecule has 1 fully saturated rings. The van der Waals surface area contributed by atoms with Gasteiger partial charge in [0.15, 0.2) is 0 Å². The van der Waals surface area contributed by atoms with E-state index in [9.17, 15) is 0 Å². The average molecular weight is 235 g/mol. The summed E-state index contributed by atoms with van der Waals surface area (Å²) in [6, 6.07) is 2.69. The summed E-state index contributed by atoms with van der Waals surface area (Å²) in [7, 11) is 0. The third-order valence-corrected chi connectivity index (χ3v) is 3.91. The molecule has 1 atom stereocenters. The lowest BCUT2D eigenvalue weighted by atomic mass is 9.82. The van der Waals surface area contributed by atoms with Crippen LogP contribution >= 0.6 is 0 Å². The van der Waals surface area contributed by atoms with Crippen LogP contribution < -0.4 is 5.32 Å². The molecule has 0 amide bonds. The van der Waals surface area contributed by atoms with Crippen molar-refractivity contribution in [2.75, 3.05) is 6.54 Å². The van der Waals surface area contributed by atoms with Crippen molar-refractivity contribution in [2.45, 2.75) is 58.5 Å². The molecule has 3 nitrogen and oxygen atoms in total. The van der Waals surface area contributed by atoms with Gasteiger partial charge in [0.2, 0.25) is 0 Å². The van der Waals surface area contributed by atoms with Crippen LogP contribution in [0.2, 0.25) is 0 Å². The van der Waals surface area contributed by atoms with E-state index in [1.54, 1.807) is 0 Å². The van der Waals surface area contributed by atoms with Crippen molar-refractivity contribution in [3.05, 3.63) is 18.0 Å². The smallest absolute Gasteiger partial charge is 0.0556 e. The van der Waals surface area contributed by atoms with E-state index >= 15 is 0 Å². The van der Waals surface area contributed by atoms with Gasteiger partial charge in [-0.15, -0.1) is 0 Å². The lowest BCUT2D eigenvalue weighted by molar-refractivity contribution is 0.264. The van der Waals surface area contributed by atoms with E-state index in [1.807, 2.05) is 6.20 Å². The minimum atomic E-state index is 0.503. The fraction of sp³-hybridized carbons (Fsp3) is 0.786. The van der Waals surface area contributed by atoms with Gasteiger partial charge in [0.25, 0.3) is 0 Å². The second kappa shape index (κ2) is 6.20. The van der Waals surface area contributed by atoms with E-state index in [0.717, 1.165) is 19.0 Å². The Balaban J connectivity index is 2.15.